The Balaban J connectivity index is 2.44. The minimum absolute atomic E-state index is 0.0689. The summed E-state index contributed by atoms with van der Waals surface area (Å²) < 4.78 is 34.4. The number of carbonyl (C=O) groups excluding carboxylic acids is 1. The normalized spacial score (nSPS) is 13.9. The molecule has 0 saturated carbocycles. The molecule has 3 rings (SSSR count). The van der Waals surface area contributed by atoms with Crippen LogP contribution in [0.25, 0.3) is 17.0 Å². The summed E-state index contributed by atoms with van der Waals surface area (Å²) in [5.41, 5.74) is 7.21. The van der Waals surface area contributed by atoms with E-state index >= 15 is 0 Å². The van der Waals surface area contributed by atoms with Crippen LogP contribution >= 0.6 is 19.0 Å². The van der Waals surface area contributed by atoms with Crippen LogP contribution in [-0.2, 0) is 9.09 Å². The van der Waals surface area contributed by atoms with E-state index in [9.17, 15) is 13.8 Å². The summed E-state index contributed by atoms with van der Waals surface area (Å²) >= 11 is 5.93. The monoisotopic (exact) mass is 420 g/mol. The Morgan fingerprint density at radius 3 is 2.64 bits per heavy atom. The molecule has 2 aromatic carbocycles. The summed E-state index contributed by atoms with van der Waals surface area (Å²) in [5, 5.41) is -0.0220. The zero-order chi connectivity index (χ0) is 20.6. The molecular formula is C20H19ClFN2O3P. The molecule has 3 N–H and O–H groups in total. The van der Waals surface area contributed by atoms with Crippen molar-refractivity contribution in [1.82, 2.24) is 4.98 Å². The number of primary amides is 1. The highest BCUT2D eigenvalue weighted by molar-refractivity contribution is 7.75. The highest BCUT2D eigenvalue weighted by atomic mass is 35.5. The molecule has 1 unspecified atom stereocenters. The van der Waals surface area contributed by atoms with E-state index in [1.807, 2.05) is 32.1 Å². The molecule has 0 radical (unpaired) electrons. The number of nitrogens with one attached hydrogen (secondary N) is 1. The lowest BCUT2D eigenvalue weighted by molar-refractivity contribution is 0.0997. The van der Waals surface area contributed by atoms with Crippen molar-refractivity contribution in [2.45, 2.75) is 13.8 Å². The summed E-state index contributed by atoms with van der Waals surface area (Å²) in [6.07, 6.45) is 3.69. The third kappa shape index (κ3) is 3.28. The second kappa shape index (κ2) is 7.55. The molecule has 146 valence electrons. The van der Waals surface area contributed by atoms with Gasteiger partial charge in [-0.05, 0) is 49.2 Å². The standard InChI is InChI=1S/C20H19ClFN2O3P/c1-4-5-12-8-11(2)9-13(10-12)28(26,27-3)19-16-15(24-18(19)20(23)25)7-6-14(21)17(16)22/h4-10,24H,1-3H3,(H2,23,25)/b5-4+. The molecule has 0 bridgehead atoms. The van der Waals surface area contributed by atoms with Gasteiger partial charge in [0, 0.05) is 17.9 Å². The fourth-order valence-electron chi connectivity index (χ4n) is 3.25. The Labute approximate surface area is 166 Å². The van der Waals surface area contributed by atoms with E-state index in [1.165, 1.54) is 19.2 Å². The van der Waals surface area contributed by atoms with Crippen LogP contribution in [0.3, 0.4) is 0 Å². The molecular weight excluding hydrogens is 402 g/mol. The third-order valence-electron chi connectivity index (χ3n) is 4.41. The number of aryl methyl sites for hydroxylation is 1. The molecule has 3 aromatic rings. The summed E-state index contributed by atoms with van der Waals surface area (Å²) in [6.45, 7) is 3.71. The molecule has 0 spiro atoms. The van der Waals surface area contributed by atoms with Crippen LogP contribution in [0.1, 0.15) is 28.5 Å². The quantitative estimate of drug-likeness (QED) is 0.604. The average Bonchev–Trinajstić information content (AvgIpc) is 3.05. The summed E-state index contributed by atoms with van der Waals surface area (Å²) in [4.78, 5) is 14.8. The molecule has 0 fully saturated rings. The van der Waals surface area contributed by atoms with Gasteiger partial charge in [0.25, 0.3) is 13.3 Å². The van der Waals surface area contributed by atoms with Gasteiger partial charge in [0.2, 0.25) is 0 Å². The van der Waals surface area contributed by atoms with Gasteiger partial charge < -0.3 is 15.2 Å². The van der Waals surface area contributed by atoms with Gasteiger partial charge in [0.1, 0.15) is 5.69 Å². The molecule has 8 heteroatoms. The number of aromatic amines is 1. The number of fused-ring (bicyclic) bond motifs is 1. The Morgan fingerprint density at radius 1 is 1.32 bits per heavy atom. The Kier molecular flexibility index (Phi) is 5.48. The number of hydrogen-bond acceptors (Lipinski definition) is 3. The molecule has 0 aliphatic carbocycles. The van der Waals surface area contributed by atoms with E-state index in [0.717, 1.165) is 11.1 Å². The number of halogens is 2. The molecule has 1 atom stereocenters. The molecule has 1 heterocycles. The van der Waals surface area contributed by atoms with Gasteiger partial charge >= 0.3 is 0 Å². The predicted molar refractivity (Wildman–Crippen MR) is 112 cm³/mol. The van der Waals surface area contributed by atoms with E-state index in [0.29, 0.717) is 5.30 Å². The van der Waals surface area contributed by atoms with Gasteiger partial charge in [0.05, 0.1) is 15.7 Å². The first kappa shape index (κ1) is 20.3. The van der Waals surface area contributed by atoms with Crippen molar-refractivity contribution in [3.63, 3.8) is 0 Å². The van der Waals surface area contributed by atoms with Crippen LogP contribution in [0.4, 0.5) is 4.39 Å². The molecule has 1 amide bonds. The molecule has 5 nitrogen and oxygen atoms in total. The minimum atomic E-state index is -3.88. The predicted octanol–water partition coefficient (Wildman–Crippen LogP) is 4.28. The van der Waals surface area contributed by atoms with Crippen molar-refractivity contribution in [3.8, 4) is 0 Å². The van der Waals surface area contributed by atoms with E-state index < -0.39 is 19.1 Å². The van der Waals surface area contributed by atoms with Gasteiger partial charge in [-0.15, -0.1) is 0 Å². The van der Waals surface area contributed by atoms with Crippen LogP contribution in [0.15, 0.2) is 36.4 Å². The Bertz CT molecular complexity index is 1170. The number of carbonyl (C=O) groups is 1. The summed E-state index contributed by atoms with van der Waals surface area (Å²) in [5.74, 6) is -1.67. The number of nitrogens with two attached hydrogens (primary N) is 1. The lowest BCUT2D eigenvalue weighted by Gasteiger charge is -2.19. The SMILES string of the molecule is C/C=C/c1cc(C)cc(P(=O)(OC)c2c(C(N)=O)[nH]c3ccc(Cl)c(F)c23)c1. The third-order valence-corrected chi connectivity index (χ3v) is 7.19. The fraction of sp³-hybridized carbons (Fsp3) is 0.150. The zero-order valence-electron chi connectivity index (χ0n) is 15.5. The molecule has 1 aromatic heterocycles. The van der Waals surface area contributed by atoms with Crippen molar-refractivity contribution in [2.75, 3.05) is 7.11 Å². The van der Waals surface area contributed by atoms with Gasteiger partial charge in [-0.1, -0.05) is 29.8 Å². The van der Waals surface area contributed by atoms with E-state index in [4.69, 9.17) is 21.9 Å². The first-order valence-electron chi connectivity index (χ1n) is 8.43. The maximum atomic E-state index is 14.9. The van der Waals surface area contributed by atoms with Crippen molar-refractivity contribution in [1.29, 1.82) is 0 Å². The molecule has 0 aliphatic rings. The smallest absolute Gasteiger partial charge is 0.266 e. The first-order valence-corrected chi connectivity index (χ1v) is 10.4. The van der Waals surface area contributed by atoms with Crippen LogP contribution in [0.5, 0.6) is 0 Å². The largest absolute Gasteiger partial charge is 0.364 e. The number of H-pyrrole nitrogens is 1. The second-order valence-corrected chi connectivity index (χ2v) is 9.17. The van der Waals surface area contributed by atoms with Crippen molar-refractivity contribution < 1.29 is 18.3 Å². The zero-order valence-corrected chi connectivity index (χ0v) is 17.2. The van der Waals surface area contributed by atoms with Crippen molar-refractivity contribution in [3.05, 3.63) is 64.1 Å². The number of amides is 1. The van der Waals surface area contributed by atoms with Crippen LogP contribution in [0.2, 0.25) is 5.02 Å². The highest BCUT2D eigenvalue weighted by Crippen LogP contribution is 2.48. The molecule has 0 aliphatic heterocycles. The molecule has 28 heavy (non-hydrogen) atoms. The van der Waals surface area contributed by atoms with Gasteiger partial charge in [-0.25, -0.2) is 4.39 Å². The van der Waals surface area contributed by atoms with Crippen LogP contribution < -0.4 is 16.3 Å². The van der Waals surface area contributed by atoms with E-state index in [2.05, 4.69) is 4.98 Å². The first-order chi connectivity index (χ1) is 13.2. The lowest BCUT2D eigenvalue weighted by Crippen LogP contribution is -2.26. The number of rotatable bonds is 5. The van der Waals surface area contributed by atoms with Crippen molar-refractivity contribution in [2.24, 2.45) is 5.73 Å². The number of hydrogen-bond donors (Lipinski definition) is 2. The molecule has 0 saturated heterocycles. The number of benzene rings is 2. The van der Waals surface area contributed by atoms with Gasteiger partial charge in [-0.3, -0.25) is 9.36 Å². The van der Waals surface area contributed by atoms with Gasteiger partial charge in [0.15, 0.2) is 5.82 Å². The fourth-order valence-corrected chi connectivity index (χ4v) is 5.73. The average molecular weight is 421 g/mol. The van der Waals surface area contributed by atoms with Crippen LogP contribution in [0, 0.1) is 12.7 Å². The second-order valence-electron chi connectivity index (χ2n) is 6.33. The number of aromatic nitrogens is 1. The van der Waals surface area contributed by atoms with E-state index in [1.54, 1.807) is 12.1 Å². The highest BCUT2D eigenvalue weighted by Gasteiger charge is 2.37. The Morgan fingerprint density at radius 2 is 2.04 bits per heavy atom. The maximum absolute atomic E-state index is 14.9. The maximum Gasteiger partial charge on any atom is 0.266 e. The number of allylic oxidation sites excluding steroid dienone is 1. The lowest BCUT2D eigenvalue weighted by atomic mass is 10.1. The van der Waals surface area contributed by atoms with Crippen LogP contribution in [-0.4, -0.2) is 18.0 Å². The minimum Gasteiger partial charge on any atom is -0.364 e. The van der Waals surface area contributed by atoms with Crippen molar-refractivity contribution >= 4 is 52.5 Å². The summed E-state index contributed by atoms with van der Waals surface area (Å²) in [6, 6.07) is 8.12. The topological polar surface area (TPSA) is 85.2 Å². The summed E-state index contributed by atoms with van der Waals surface area (Å²) in [7, 11) is -2.63. The van der Waals surface area contributed by atoms with Gasteiger partial charge in [-0.2, -0.15) is 0 Å². The van der Waals surface area contributed by atoms with E-state index in [-0.39, 0.29) is 26.9 Å². The Hall–Kier alpha value is -2.40.